The first kappa shape index (κ1) is 11.8. The molecule has 90 valence electrons. The smallest absolute Gasteiger partial charge is 0.288 e. The van der Waals surface area contributed by atoms with Crippen molar-refractivity contribution in [2.45, 2.75) is 6.54 Å². The van der Waals surface area contributed by atoms with Gasteiger partial charge in [-0.2, -0.15) is 5.26 Å². The molecule has 6 heteroatoms. The average molecular weight is 242 g/mol. The maximum Gasteiger partial charge on any atom is 0.288 e. The third-order valence-electron chi connectivity index (χ3n) is 2.58. The summed E-state index contributed by atoms with van der Waals surface area (Å²) in [5.74, 6) is 0. The van der Waals surface area contributed by atoms with Gasteiger partial charge in [0, 0.05) is 12.2 Å². The second-order valence-corrected chi connectivity index (χ2v) is 3.69. The fourth-order valence-corrected chi connectivity index (χ4v) is 1.64. The van der Waals surface area contributed by atoms with Gasteiger partial charge in [-0.1, -0.05) is 12.1 Å². The van der Waals surface area contributed by atoms with Crippen LogP contribution in [0, 0.1) is 21.4 Å². The molecule has 2 N–H and O–H groups in total. The summed E-state index contributed by atoms with van der Waals surface area (Å²) >= 11 is 0. The molecule has 0 fully saturated rings. The zero-order chi connectivity index (χ0) is 13.1. The second-order valence-electron chi connectivity index (χ2n) is 3.69. The van der Waals surface area contributed by atoms with Gasteiger partial charge in [0.05, 0.1) is 17.2 Å². The number of hydrogen-bond acceptors (Lipinski definition) is 4. The Hall–Kier alpha value is -2.65. The van der Waals surface area contributed by atoms with Crippen molar-refractivity contribution >= 4 is 5.69 Å². The number of hydrogen-bond donors (Lipinski definition) is 1. The van der Waals surface area contributed by atoms with Crippen LogP contribution in [0.4, 0.5) is 5.69 Å². The fourth-order valence-electron chi connectivity index (χ4n) is 1.64. The van der Waals surface area contributed by atoms with Crippen LogP contribution in [0.1, 0.15) is 11.3 Å². The molecule has 0 unspecified atom stereocenters. The molecule has 1 aromatic heterocycles. The van der Waals surface area contributed by atoms with Crippen molar-refractivity contribution < 1.29 is 4.92 Å². The number of aromatic nitrogens is 1. The summed E-state index contributed by atoms with van der Waals surface area (Å²) < 4.78 is 1.48. The Morgan fingerprint density at radius 1 is 1.39 bits per heavy atom. The zero-order valence-corrected chi connectivity index (χ0v) is 9.41. The molecule has 6 nitrogen and oxygen atoms in total. The monoisotopic (exact) mass is 242 g/mol. The lowest BCUT2D eigenvalue weighted by Crippen LogP contribution is -1.98. The molecule has 18 heavy (non-hydrogen) atoms. The molecule has 0 aliphatic heterocycles. The number of nitrogens with zero attached hydrogens (tertiary/aromatic N) is 3. The lowest BCUT2D eigenvalue weighted by Gasteiger charge is -2.04. The van der Waals surface area contributed by atoms with E-state index >= 15 is 0 Å². The van der Waals surface area contributed by atoms with E-state index in [1.54, 1.807) is 12.1 Å². The van der Waals surface area contributed by atoms with Gasteiger partial charge in [-0.05, 0) is 17.7 Å². The molecule has 0 radical (unpaired) electrons. The molecule has 2 aromatic rings. The van der Waals surface area contributed by atoms with E-state index in [-0.39, 0.29) is 11.4 Å². The van der Waals surface area contributed by atoms with Gasteiger partial charge in [-0.3, -0.25) is 10.1 Å². The highest BCUT2D eigenvalue weighted by Gasteiger charge is 2.14. The number of nitriles is 1. The van der Waals surface area contributed by atoms with Crippen LogP contribution >= 0.6 is 0 Å². The fraction of sp³-hybridized carbons (Fsp3) is 0.0833. The standard InChI is InChI=1S/C12H10N4O2/c13-6-9-1-3-10(4-2-9)15-8-12(16(17)18)5-11(15)7-14/h1-5,8H,6,13H2. The summed E-state index contributed by atoms with van der Waals surface area (Å²) in [6.07, 6.45) is 1.33. The van der Waals surface area contributed by atoms with Gasteiger partial charge in [-0.25, -0.2) is 0 Å². The second kappa shape index (κ2) is 4.69. The van der Waals surface area contributed by atoms with Crippen LogP contribution in [0.5, 0.6) is 0 Å². The Balaban J connectivity index is 2.49. The molecule has 0 saturated heterocycles. The predicted octanol–water partition coefficient (Wildman–Crippen LogP) is 1.72. The highest BCUT2D eigenvalue weighted by atomic mass is 16.6. The van der Waals surface area contributed by atoms with Crippen LogP contribution < -0.4 is 5.73 Å². The molecule has 1 aromatic carbocycles. The first-order valence-corrected chi connectivity index (χ1v) is 5.22. The van der Waals surface area contributed by atoms with E-state index in [2.05, 4.69) is 0 Å². The first-order valence-electron chi connectivity index (χ1n) is 5.22. The van der Waals surface area contributed by atoms with Crippen LogP contribution in [0.25, 0.3) is 5.69 Å². The minimum Gasteiger partial charge on any atom is -0.326 e. The van der Waals surface area contributed by atoms with Crippen LogP contribution in [0.2, 0.25) is 0 Å². The van der Waals surface area contributed by atoms with Crippen LogP contribution in [0.15, 0.2) is 36.5 Å². The predicted molar refractivity (Wildman–Crippen MR) is 65.0 cm³/mol. The van der Waals surface area contributed by atoms with E-state index < -0.39 is 4.92 Å². The Bertz CT molecular complexity index is 623. The van der Waals surface area contributed by atoms with E-state index in [0.29, 0.717) is 12.2 Å². The average Bonchev–Trinajstić information content (AvgIpc) is 2.83. The Morgan fingerprint density at radius 3 is 2.56 bits per heavy atom. The van der Waals surface area contributed by atoms with Gasteiger partial charge in [0.1, 0.15) is 11.8 Å². The Kier molecular flexibility index (Phi) is 3.08. The van der Waals surface area contributed by atoms with E-state index in [0.717, 1.165) is 5.56 Å². The van der Waals surface area contributed by atoms with Crippen molar-refractivity contribution in [3.63, 3.8) is 0 Å². The summed E-state index contributed by atoms with van der Waals surface area (Å²) in [7, 11) is 0. The van der Waals surface area contributed by atoms with Crippen molar-refractivity contribution in [2.75, 3.05) is 0 Å². The largest absolute Gasteiger partial charge is 0.326 e. The highest BCUT2D eigenvalue weighted by Crippen LogP contribution is 2.20. The van der Waals surface area contributed by atoms with E-state index in [1.165, 1.54) is 16.8 Å². The van der Waals surface area contributed by atoms with Gasteiger partial charge >= 0.3 is 0 Å². The van der Waals surface area contributed by atoms with Crippen molar-refractivity contribution in [1.29, 1.82) is 5.26 Å². The van der Waals surface area contributed by atoms with Crippen LogP contribution in [-0.4, -0.2) is 9.49 Å². The van der Waals surface area contributed by atoms with Gasteiger partial charge in [0.25, 0.3) is 5.69 Å². The molecule has 1 heterocycles. The quantitative estimate of drug-likeness (QED) is 0.654. The third kappa shape index (κ3) is 2.07. The summed E-state index contributed by atoms with van der Waals surface area (Å²) in [4.78, 5) is 10.2. The number of rotatable bonds is 3. The van der Waals surface area contributed by atoms with Gasteiger partial charge in [0.2, 0.25) is 0 Å². The minimum atomic E-state index is -0.522. The summed E-state index contributed by atoms with van der Waals surface area (Å²) in [6, 6.07) is 10.4. The normalized spacial score (nSPS) is 10.0. The first-order chi connectivity index (χ1) is 8.65. The van der Waals surface area contributed by atoms with Crippen molar-refractivity contribution in [3.05, 3.63) is 57.9 Å². The number of nitro groups is 1. The third-order valence-corrected chi connectivity index (χ3v) is 2.58. The molecule has 0 saturated carbocycles. The van der Waals surface area contributed by atoms with E-state index in [4.69, 9.17) is 11.0 Å². The Labute approximate surface area is 103 Å². The molecule has 0 amide bonds. The van der Waals surface area contributed by atoms with Gasteiger partial charge in [0.15, 0.2) is 0 Å². The topological polar surface area (TPSA) is 97.9 Å². The summed E-state index contributed by atoms with van der Waals surface area (Å²) in [5.41, 5.74) is 7.26. The van der Waals surface area contributed by atoms with Gasteiger partial charge in [-0.15, -0.1) is 0 Å². The molecule has 0 bridgehead atoms. The molecular weight excluding hydrogens is 232 g/mol. The summed E-state index contributed by atoms with van der Waals surface area (Å²) in [6.45, 7) is 0.428. The maximum atomic E-state index is 10.7. The molecule has 0 aliphatic carbocycles. The lowest BCUT2D eigenvalue weighted by molar-refractivity contribution is -0.384. The van der Waals surface area contributed by atoms with Crippen molar-refractivity contribution in [2.24, 2.45) is 5.73 Å². The molecule has 2 rings (SSSR count). The van der Waals surface area contributed by atoms with E-state index in [1.807, 2.05) is 18.2 Å². The van der Waals surface area contributed by atoms with Crippen LogP contribution in [-0.2, 0) is 6.54 Å². The van der Waals surface area contributed by atoms with Crippen molar-refractivity contribution in [3.8, 4) is 11.8 Å². The SMILES string of the molecule is N#Cc1cc([N+](=O)[O-])cn1-c1ccc(CN)cc1. The number of benzene rings is 1. The zero-order valence-electron chi connectivity index (χ0n) is 9.41. The van der Waals surface area contributed by atoms with Crippen LogP contribution in [0.3, 0.4) is 0 Å². The summed E-state index contributed by atoms with van der Waals surface area (Å²) in [5, 5.41) is 19.6. The molecule has 0 atom stereocenters. The van der Waals surface area contributed by atoms with Gasteiger partial charge < -0.3 is 10.3 Å². The lowest BCUT2D eigenvalue weighted by atomic mass is 10.2. The highest BCUT2D eigenvalue weighted by molar-refractivity contribution is 5.46. The van der Waals surface area contributed by atoms with Crippen molar-refractivity contribution in [1.82, 2.24) is 4.57 Å². The van der Waals surface area contributed by atoms with E-state index in [9.17, 15) is 10.1 Å². The Morgan fingerprint density at radius 2 is 2.06 bits per heavy atom. The minimum absolute atomic E-state index is 0.102. The molecule has 0 spiro atoms. The number of nitrogens with two attached hydrogens (primary N) is 1. The molecule has 0 aliphatic rings. The maximum absolute atomic E-state index is 10.7. The molecular formula is C12H10N4O2.